The first kappa shape index (κ1) is 11.4. The number of nitrogens with two attached hydrogens (primary N) is 1. The van der Waals surface area contributed by atoms with E-state index in [1.807, 2.05) is 24.1 Å². The smallest absolute Gasteiger partial charge is 0.146 e. The van der Waals surface area contributed by atoms with E-state index in [0.29, 0.717) is 12.4 Å². The Labute approximate surface area is 99.7 Å². The van der Waals surface area contributed by atoms with Crippen molar-refractivity contribution in [3.8, 4) is 0 Å². The third kappa shape index (κ3) is 2.72. The summed E-state index contributed by atoms with van der Waals surface area (Å²) in [6.45, 7) is 0.663. The van der Waals surface area contributed by atoms with Gasteiger partial charge in [-0.1, -0.05) is 12.1 Å². The van der Waals surface area contributed by atoms with Crippen molar-refractivity contribution < 1.29 is 4.39 Å². The molecule has 0 saturated carbocycles. The van der Waals surface area contributed by atoms with Crippen molar-refractivity contribution in [2.45, 2.75) is 6.54 Å². The molecule has 0 atom stereocenters. The van der Waals surface area contributed by atoms with Crippen LogP contribution in [-0.4, -0.2) is 12.0 Å². The number of halogens is 1. The van der Waals surface area contributed by atoms with Gasteiger partial charge in [0.1, 0.15) is 11.6 Å². The molecule has 0 aliphatic rings. The third-order valence-corrected chi connectivity index (χ3v) is 2.56. The molecule has 0 saturated heterocycles. The minimum Gasteiger partial charge on any atom is -0.382 e. The van der Waals surface area contributed by atoms with Gasteiger partial charge in [0.2, 0.25) is 0 Å². The third-order valence-electron chi connectivity index (χ3n) is 2.56. The first-order valence-corrected chi connectivity index (χ1v) is 5.33. The molecule has 2 N–H and O–H groups in total. The zero-order valence-electron chi connectivity index (χ0n) is 9.60. The molecule has 1 aromatic carbocycles. The Kier molecular flexibility index (Phi) is 3.23. The van der Waals surface area contributed by atoms with Crippen molar-refractivity contribution in [3.63, 3.8) is 0 Å². The maximum absolute atomic E-state index is 12.8. The second-order valence-corrected chi connectivity index (χ2v) is 3.89. The quantitative estimate of drug-likeness (QED) is 0.882. The molecule has 0 radical (unpaired) electrons. The van der Waals surface area contributed by atoms with Crippen LogP contribution in [0.3, 0.4) is 0 Å². The topological polar surface area (TPSA) is 42.2 Å². The van der Waals surface area contributed by atoms with E-state index in [0.717, 1.165) is 11.3 Å². The maximum Gasteiger partial charge on any atom is 0.146 e. The van der Waals surface area contributed by atoms with Crippen LogP contribution in [0.2, 0.25) is 0 Å². The highest BCUT2D eigenvalue weighted by Crippen LogP contribution is 2.20. The molecule has 0 aliphatic heterocycles. The molecule has 1 heterocycles. The molecule has 2 aromatic rings. The Morgan fingerprint density at radius 3 is 2.59 bits per heavy atom. The highest BCUT2D eigenvalue weighted by Gasteiger charge is 2.06. The number of anilines is 2. The number of aromatic nitrogens is 1. The molecule has 0 fully saturated rings. The summed E-state index contributed by atoms with van der Waals surface area (Å²) in [5.41, 5.74) is 7.68. The van der Waals surface area contributed by atoms with Crippen molar-refractivity contribution >= 4 is 11.5 Å². The van der Waals surface area contributed by atoms with Gasteiger partial charge < -0.3 is 10.6 Å². The fourth-order valence-electron chi connectivity index (χ4n) is 1.68. The Morgan fingerprint density at radius 2 is 1.94 bits per heavy atom. The van der Waals surface area contributed by atoms with Crippen LogP contribution in [0.5, 0.6) is 0 Å². The van der Waals surface area contributed by atoms with E-state index in [1.165, 1.54) is 12.1 Å². The molecular weight excluding hydrogens is 217 g/mol. The number of rotatable bonds is 3. The van der Waals surface area contributed by atoms with E-state index < -0.39 is 0 Å². The highest BCUT2D eigenvalue weighted by molar-refractivity contribution is 5.62. The fourth-order valence-corrected chi connectivity index (χ4v) is 1.68. The van der Waals surface area contributed by atoms with Crippen LogP contribution in [0, 0.1) is 5.82 Å². The monoisotopic (exact) mass is 231 g/mol. The minimum absolute atomic E-state index is 0.225. The number of hydrogen-bond acceptors (Lipinski definition) is 3. The van der Waals surface area contributed by atoms with Gasteiger partial charge in [-0.15, -0.1) is 0 Å². The molecule has 0 unspecified atom stereocenters. The average molecular weight is 231 g/mol. The zero-order valence-corrected chi connectivity index (χ0v) is 9.60. The zero-order chi connectivity index (χ0) is 12.3. The van der Waals surface area contributed by atoms with E-state index in [1.54, 1.807) is 18.3 Å². The van der Waals surface area contributed by atoms with Gasteiger partial charge in [0.05, 0.1) is 5.69 Å². The predicted octanol–water partition coefficient (Wildman–Crippen LogP) is 2.44. The highest BCUT2D eigenvalue weighted by atomic mass is 19.1. The van der Waals surface area contributed by atoms with Gasteiger partial charge >= 0.3 is 0 Å². The van der Waals surface area contributed by atoms with E-state index in [2.05, 4.69) is 4.98 Å². The fraction of sp³-hybridized carbons (Fsp3) is 0.154. The standard InChI is InChI=1S/C13H14FN3/c1-17(12-3-2-8-16-13(12)15)9-10-4-6-11(14)7-5-10/h2-8H,9H2,1H3,(H2,15,16). The predicted molar refractivity (Wildman–Crippen MR) is 67.2 cm³/mol. The van der Waals surface area contributed by atoms with Crippen LogP contribution in [0.25, 0.3) is 0 Å². The SMILES string of the molecule is CN(Cc1ccc(F)cc1)c1cccnc1N. The molecule has 4 heteroatoms. The summed E-state index contributed by atoms with van der Waals surface area (Å²) in [6.07, 6.45) is 1.66. The largest absolute Gasteiger partial charge is 0.382 e. The van der Waals surface area contributed by atoms with Crippen molar-refractivity contribution in [1.82, 2.24) is 4.98 Å². The van der Waals surface area contributed by atoms with Crippen LogP contribution >= 0.6 is 0 Å². The molecule has 17 heavy (non-hydrogen) atoms. The van der Waals surface area contributed by atoms with E-state index >= 15 is 0 Å². The number of pyridine rings is 1. The molecule has 2 rings (SSSR count). The van der Waals surface area contributed by atoms with Crippen molar-refractivity contribution in [2.75, 3.05) is 17.7 Å². The normalized spacial score (nSPS) is 10.2. The molecule has 0 spiro atoms. The second kappa shape index (κ2) is 4.82. The summed E-state index contributed by atoms with van der Waals surface area (Å²) >= 11 is 0. The lowest BCUT2D eigenvalue weighted by molar-refractivity contribution is 0.627. The van der Waals surface area contributed by atoms with Gasteiger partial charge in [0.25, 0.3) is 0 Å². The minimum atomic E-state index is -0.225. The molecule has 88 valence electrons. The number of hydrogen-bond donors (Lipinski definition) is 1. The lowest BCUT2D eigenvalue weighted by atomic mass is 10.2. The summed E-state index contributed by atoms with van der Waals surface area (Å²) in [6, 6.07) is 10.2. The molecule has 0 aliphatic carbocycles. The summed E-state index contributed by atoms with van der Waals surface area (Å²) in [5, 5.41) is 0. The van der Waals surface area contributed by atoms with Crippen molar-refractivity contribution in [2.24, 2.45) is 0 Å². The second-order valence-electron chi connectivity index (χ2n) is 3.89. The van der Waals surface area contributed by atoms with Crippen LogP contribution in [0.4, 0.5) is 15.9 Å². The van der Waals surface area contributed by atoms with Gasteiger partial charge in [0.15, 0.2) is 0 Å². The van der Waals surface area contributed by atoms with Gasteiger partial charge in [0, 0.05) is 19.8 Å². The summed E-state index contributed by atoms with van der Waals surface area (Å²) < 4.78 is 12.8. The summed E-state index contributed by atoms with van der Waals surface area (Å²) in [4.78, 5) is 6.01. The molecule has 0 bridgehead atoms. The number of nitrogens with zero attached hydrogens (tertiary/aromatic N) is 2. The summed E-state index contributed by atoms with van der Waals surface area (Å²) in [7, 11) is 1.93. The lowest BCUT2D eigenvalue weighted by Gasteiger charge is -2.20. The van der Waals surface area contributed by atoms with Crippen LogP contribution < -0.4 is 10.6 Å². The molecule has 3 nitrogen and oxygen atoms in total. The van der Waals surface area contributed by atoms with Crippen molar-refractivity contribution in [3.05, 3.63) is 54.0 Å². The Morgan fingerprint density at radius 1 is 1.24 bits per heavy atom. The summed E-state index contributed by atoms with van der Waals surface area (Å²) in [5.74, 6) is 0.273. The molecule has 1 aromatic heterocycles. The lowest BCUT2D eigenvalue weighted by Crippen LogP contribution is -2.18. The molecule has 0 amide bonds. The Bertz CT molecular complexity index is 496. The average Bonchev–Trinajstić information content (AvgIpc) is 2.32. The van der Waals surface area contributed by atoms with Crippen LogP contribution in [-0.2, 0) is 6.54 Å². The van der Waals surface area contributed by atoms with Gasteiger partial charge in [-0.25, -0.2) is 9.37 Å². The van der Waals surface area contributed by atoms with E-state index in [9.17, 15) is 4.39 Å². The van der Waals surface area contributed by atoms with Gasteiger partial charge in [-0.3, -0.25) is 0 Å². The maximum atomic E-state index is 12.8. The number of nitrogen functional groups attached to an aromatic ring is 1. The van der Waals surface area contributed by atoms with Crippen molar-refractivity contribution in [1.29, 1.82) is 0 Å². The van der Waals surface area contributed by atoms with Gasteiger partial charge in [-0.2, -0.15) is 0 Å². The number of benzene rings is 1. The first-order valence-electron chi connectivity index (χ1n) is 5.33. The Balaban J connectivity index is 2.14. The van der Waals surface area contributed by atoms with E-state index in [4.69, 9.17) is 5.73 Å². The van der Waals surface area contributed by atoms with Crippen LogP contribution in [0.1, 0.15) is 5.56 Å². The Hall–Kier alpha value is -2.10. The van der Waals surface area contributed by atoms with Crippen LogP contribution in [0.15, 0.2) is 42.6 Å². The molecular formula is C13H14FN3. The van der Waals surface area contributed by atoms with Gasteiger partial charge in [-0.05, 0) is 29.8 Å². The first-order chi connectivity index (χ1) is 8.16. The van der Waals surface area contributed by atoms with E-state index in [-0.39, 0.29) is 5.82 Å².